The zero-order valence-corrected chi connectivity index (χ0v) is 15.1. The molecule has 0 saturated heterocycles. The highest BCUT2D eigenvalue weighted by Gasteiger charge is 2.40. The van der Waals surface area contributed by atoms with Crippen molar-refractivity contribution in [3.63, 3.8) is 0 Å². The van der Waals surface area contributed by atoms with Crippen LogP contribution >= 0.6 is 11.6 Å². The maximum absolute atomic E-state index is 13.6. The van der Waals surface area contributed by atoms with Gasteiger partial charge in [-0.1, -0.05) is 23.7 Å². The second-order valence-corrected chi connectivity index (χ2v) is 6.41. The molecule has 9 heteroatoms. The first-order chi connectivity index (χ1) is 13.3. The van der Waals surface area contributed by atoms with Gasteiger partial charge < -0.3 is 10.4 Å². The Morgan fingerprint density at radius 3 is 2.54 bits per heavy atom. The summed E-state index contributed by atoms with van der Waals surface area (Å²) in [4.78, 5) is 12.3. The Balaban J connectivity index is 1.81. The van der Waals surface area contributed by atoms with E-state index < -0.39 is 23.3 Å². The summed E-state index contributed by atoms with van der Waals surface area (Å²) in [6, 6.07) is 12.1. The molecule has 2 aromatic carbocycles. The Bertz CT molecular complexity index is 985. The van der Waals surface area contributed by atoms with E-state index in [-0.39, 0.29) is 18.0 Å². The molecular formula is C19H15ClF3N3O2. The number of rotatable bonds is 5. The Hall–Kier alpha value is -3.00. The number of benzene rings is 2. The second-order valence-electron chi connectivity index (χ2n) is 5.97. The van der Waals surface area contributed by atoms with Crippen molar-refractivity contribution in [3.8, 4) is 11.4 Å². The molecule has 28 heavy (non-hydrogen) atoms. The topological polar surface area (TPSA) is 67.2 Å². The van der Waals surface area contributed by atoms with E-state index in [1.807, 2.05) is 0 Å². The summed E-state index contributed by atoms with van der Waals surface area (Å²) in [5, 5.41) is 16.0. The molecule has 3 aromatic rings. The Morgan fingerprint density at radius 2 is 1.89 bits per heavy atom. The van der Waals surface area contributed by atoms with Gasteiger partial charge in [0.2, 0.25) is 0 Å². The second kappa shape index (κ2) is 7.93. The van der Waals surface area contributed by atoms with Crippen molar-refractivity contribution >= 4 is 17.5 Å². The minimum atomic E-state index is -4.78. The molecule has 2 N–H and O–H groups in total. The number of nitrogens with one attached hydrogen (secondary N) is 1. The van der Waals surface area contributed by atoms with Crippen LogP contribution in [0.25, 0.3) is 5.69 Å². The van der Waals surface area contributed by atoms with Crippen molar-refractivity contribution < 1.29 is 23.1 Å². The lowest BCUT2D eigenvalue weighted by molar-refractivity contribution is -0.143. The molecule has 0 spiro atoms. The zero-order chi connectivity index (χ0) is 20.3. The zero-order valence-electron chi connectivity index (χ0n) is 14.4. The average Bonchev–Trinajstić information content (AvgIpc) is 3.08. The van der Waals surface area contributed by atoms with E-state index in [1.165, 1.54) is 36.4 Å². The molecule has 5 nitrogen and oxygen atoms in total. The lowest BCUT2D eigenvalue weighted by atomic mass is 10.1. The molecule has 0 aliphatic carbocycles. The lowest BCUT2D eigenvalue weighted by Gasteiger charge is -2.13. The van der Waals surface area contributed by atoms with E-state index in [0.29, 0.717) is 16.1 Å². The van der Waals surface area contributed by atoms with E-state index in [1.54, 1.807) is 12.1 Å². The molecule has 0 unspecified atom stereocenters. The molecule has 1 aromatic heterocycles. The highest BCUT2D eigenvalue weighted by molar-refractivity contribution is 6.30. The summed E-state index contributed by atoms with van der Waals surface area (Å²) in [7, 11) is 0. The van der Waals surface area contributed by atoms with E-state index >= 15 is 0 Å². The molecular weight excluding hydrogens is 395 g/mol. The number of hydrogen-bond donors (Lipinski definition) is 2. The molecule has 1 amide bonds. The van der Waals surface area contributed by atoms with Crippen molar-refractivity contribution in [1.82, 2.24) is 15.1 Å². The van der Waals surface area contributed by atoms with Crippen molar-refractivity contribution in [2.75, 3.05) is 6.54 Å². The number of phenolic OH excluding ortho intramolecular Hbond substituents is 1. The fourth-order valence-corrected chi connectivity index (χ4v) is 2.82. The molecule has 3 rings (SSSR count). The minimum Gasteiger partial charge on any atom is -0.508 e. The van der Waals surface area contributed by atoms with Gasteiger partial charge in [0.05, 0.1) is 17.4 Å². The van der Waals surface area contributed by atoms with Crippen molar-refractivity contribution in [2.45, 2.75) is 12.6 Å². The first-order valence-electron chi connectivity index (χ1n) is 8.23. The number of phenols is 1. The fourth-order valence-electron chi connectivity index (χ4n) is 2.69. The predicted octanol–water partition coefficient (Wildman–Crippen LogP) is 4.22. The van der Waals surface area contributed by atoms with Gasteiger partial charge in [-0.25, -0.2) is 4.68 Å². The van der Waals surface area contributed by atoms with Gasteiger partial charge >= 0.3 is 6.18 Å². The van der Waals surface area contributed by atoms with Gasteiger partial charge in [-0.2, -0.15) is 18.3 Å². The molecule has 0 aliphatic heterocycles. The van der Waals surface area contributed by atoms with Gasteiger partial charge in [0, 0.05) is 11.6 Å². The fraction of sp³-hybridized carbons (Fsp3) is 0.158. The summed E-state index contributed by atoms with van der Waals surface area (Å²) in [6.45, 7) is 0.103. The summed E-state index contributed by atoms with van der Waals surface area (Å²) >= 11 is 5.77. The van der Waals surface area contributed by atoms with Crippen LogP contribution in [0.1, 0.15) is 21.6 Å². The number of aromatic hydroxyl groups is 1. The number of carbonyl (C=O) groups is 1. The van der Waals surface area contributed by atoms with Crippen LogP contribution in [0.4, 0.5) is 13.2 Å². The van der Waals surface area contributed by atoms with E-state index in [2.05, 4.69) is 10.4 Å². The number of hydrogen-bond acceptors (Lipinski definition) is 3. The molecule has 0 bridgehead atoms. The highest BCUT2D eigenvalue weighted by Crippen LogP contribution is 2.33. The van der Waals surface area contributed by atoms with Crippen LogP contribution in [0, 0.1) is 0 Å². The summed E-state index contributed by atoms with van der Waals surface area (Å²) in [5.74, 6) is -0.805. The van der Waals surface area contributed by atoms with E-state index in [9.17, 15) is 23.1 Å². The molecule has 0 atom stereocenters. The van der Waals surface area contributed by atoms with Crippen LogP contribution in [0.3, 0.4) is 0 Å². The lowest BCUT2D eigenvalue weighted by Crippen LogP contribution is -2.28. The van der Waals surface area contributed by atoms with Crippen LogP contribution in [-0.2, 0) is 12.6 Å². The number of amides is 1. The highest BCUT2D eigenvalue weighted by atomic mass is 35.5. The predicted molar refractivity (Wildman–Crippen MR) is 97.7 cm³/mol. The Morgan fingerprint density at radius 1 is 1.18 bits per heavy atom. The first kappa shape index (κ1) is 19.8. The quantitative estimate of drug-likeness (QED) is 0.663. The van der Waals surface area contributed by atoms with Crippen molar-refractivity contribution in [2.24, 2.45) is 0 Å². The number of nitrogens with zero attached hydrogens (tertiary/aromatic N) is 2. The van der Waals surface area contributed by atoms with Crippen molar-refractivity contribution in [1.29, 1.82) is 0 Å². The number of carbonyl (C=O) groups excluding carboxylic acids is 1. The summed E-state index contributed by atoms with van der Waals surface area (Å²) < 4.78 is 41.5. The van der Waals surface area contributed by atoms with Gasteiger partial charge in [0.1, 0.15) is 5.75 Å². The number of aromatic nitrogens is 2. The monoisotopic (exact) mass is 409 g/mol. The van der Waals surface area contributed by atoms with Gasteiger partial charge in [0.15, 0.2) is 5.69 Å². The molecule has 0 fully saturated rings. The minimum absolute atomic E-state index is 0.0763. The van der Waals surface area contributed by atoms with E-state index in [0.717, 1.165) is 11.8 Å². The maximum atomic E-state index is 13.6. The summed E-state index contributed by atoms with van der Waals surface area (Å²) in [5.41, 5.74) is -0.855. The van der Waals surface area contributed by atoms with Crippen molar-refractivity contribution in [3.05, 3.63) is 76.6 Å². The molecule has 0 radical (unpaired) electrons. The Labute approximate surface area is 163 Å². The smallest absolute Gasteiger partial charge is 0.434 e. The molecule has 146 valence electrons. The van der Waals surface area contributed by atoms with Crippen LogP contribution in [0.2, 0.25) is 5.02 Å². The molecule has 1 heterocycles. The third kappa shape index (κ3) is 4.45. The Kier molecular flexibility index (Phi) is 5.60. The van der Waals surface area contributed by atoms with Gasteiger partial charge in [-0.3, -0.25) is 4.79 Å². The first-order valence-corrected chi connectivity index (χ1v) is 8.61. The SMILES string of the molecule is O=C(NCCc1cccc(O)c1)c1cnn(-c2ccc(Cl)cc2)c1C(F)(F)F. The average molecular weight is 410 g/mol. The maximum Gasteiger partial charge on any atom is 0.434 e. The summed E-state index contributed by atoms with van der Waals surface area (Å²) in [6.07, 6.45) is -3.54. The standard InChI is InChI=1S/C19H15ClF3N3O2/c20-13-4-6-14(7-5-13)26-17(19(21,22)23)16(11-25-26)18(28)24-9-8-12-2-1-3-15(27)10-12/h1-7,10-11,27H,8-9H2,(H,24,28). The molecule has 0 aliphatic rings. The van der Waals surface area contributed by atoms with Crippen LogP contribution in [0.5, 0.6) is 5.75 Å². The van der Waals surface area contributed by atoms with Gasteiger partial charge in [-0.05, 0) is 48.4 Å². The van der Waals surface area contributed by atoms with Crippen LogP contribution < -0.4 is 5.32 Å². The third-order valence-electron chi connectivity index (χ3n) is 3.96. The number of halogens is 4. The number of alkyl halides is 3. The third-order valence-corrected chi connectivity index (χ3v) is 4.22. The van der Waals surface area contributed by atoms with Crippen LogP contribution in [-0.4, -0.2) is 27.3 Å². The van der Waals surface area contributed by atoms with Gasteiger partial charge in [-0.15, -0.1) is 0 Å². The van der Waals surface area contributed by atoms with Crippen LogP contribution in [0.15, 0.2) is 54.7 Å². The largest absolute Gasteiger partial charge is 0.508 e. The van der Waals surface area contributed by atoms with Gasteiger partial charge in [0.25, 0.3) is 5.91 Å². The molecule has 0 saturated carbocycles. The normalized spacial score (nSPS) is 11.4. The van der Waals surface area contributed by atoms with E-state index in [4.69, 9.17) is 11.6 Å².